The molecule has 182 valence electrons. The zero-order valence-electron chi connectivity index (χ0n) is 19.0. The number of halogens is 1. The summed E-state index contributed by atoms with van der Waals surface area (Å²) in [4.78, 5) is 50.1. The predicted octanol–water partition coefficient (Wildman–Crippen LogP) is 1.55. The van der Waals surface area contributed by atoms with Crippen molar-refractivity contribution >= 4 is 58.8 Å². The summed E-state index contributed by atoms with van der Waals surface area (Å²) in [6.07, 6.45) is 3.11. The molecule has 0 radical (unpaired) electrons. The van der Waals surface area contributed by atoms with Gasteiger partial charge in [0.2, 0.25) is 23.6 Å². The number of thiol groups is 1. The van der Waals surface area contributed by atoms with Gasteiger partial charge in [0.15, 0.2) is 0 Å². The standard InChI is InChI=1S/C23H33IN4O4S/c1-13(2)3-10-17(26-21(30)15-6-7-15)22(31)27-18(11-14-4-8-16(24)9-5-14)23(32)28-19(12-33)20(25)29/h4-5,8-9,13,15,17-19,33H,3,6-7,10-12H2,1-2H3,(H2,25,29)(H,26,30)(H,27,31)(H,28,32)/t17-,18-,19-/m0/s1. The molecule has 0 bridgehead atoms. The van der Waals surface area contributed by atoms with Crippen molar-refractivity contribution in [1.29, 1.82) is 0 Å². The number of hydrogen-bond donors (Lipinski definition) is 5. The first kappa shape index (κ1) is 27.4. The Kier molecular flexibility index (Phi) is 10.9. The van der Waals surface area contributed by atoms with E-state index < -0.39 is 35.8 Å². The number of carbonyl (C=O) groups is 4. The van der Waals surface area contributed by atoms with Crippen molar-refractivity contribution in [2.24, 2.45) is 17.6 Å². The van der Waals surface area contributed by atoms with E-state index in [-0.39, 0.29) is 24.0 Å². The van der Waals surface area contributed by atoms with Crippen LogP contribution in [0.3, 0.4) is 0 Å². The van der Waals surface area contributed by atoms with Gasteiger partial charge in [0.25, 0.3) is 0 Å². The van der Waals surface area contributed by atoms with E-state index in [1.165, 1.54) is 0 Å². The molecule has 10 heteroatoms. The Morgan fingerprint density at radius 2 is 1.55 bits per heavy atom. The minimum atomic E-state index is -0.955. The van der Waals surface area contributed by atoms with Crippen molar-refractivity contribution in [3.05, 3.63) is 33.4 Å². The lowest BCUT2D eigenvalue weighted by Gasteiger charge is -2.25. The highest BCUT2D eigenvalue weighted by Crippen LogP contribution is 2.29. The van der Waals surface area contributed by atoms with E-state index in [1.807, 2.05) is 38.1 Å². The molecule has 0 spiro atoms. The fourth-order valence-corrected chi connectivity index (χ4v) is 3.85. The smallest absolute Gasteiger partial charge is 0.243 e. The third-order valence-electron chi connectivity index (χ3n) is 5.44. The molecule has 0 saturated heterocycles. The molecule has 0 aromatic heterocycles. The van der Waals surface area contributed by atoms with Gasteiger partial charge in [-0.1, -0.05) is 26.0 Å². The van der Waals surface area contributed by atoms with Crippen LogP contribution < -0.4 is 21.7 Å². The Balaban J connectivity index is 2.17. The molecule has 0 heterocycles. The molecular formula is C23H33IN4O4S. The summed E-state index contributed by atoms with van der Waals surface area (Å²) in [7, 11) is 0. The zero-order valence-corrected chi connectivity index (χ0v) is 22.0. The van der Waals surface area contributed by atoms with Gasteiger partial charge in [-0.25, -0.2) is 0 Å². The number of nitrogens with one attached hydrogen (secondary N) is 3. The number of hydrogen-bond acceptors (Lipinski definition) is 5. The van der Waals surface area contributed by atoms with E-state index in [1.54, 1.807) is 0 Å². The topological polar surface area (TPSA) is 130 Å². The van der Waals surface area contributed by atoms with Crippen LogP contribution in [-0.4, -0.2) is 47.5 Å². The second kappa shape index (κ2) is 13.2. The van der Waals surface area contributed by atoms with E-state index in [0.717, 1.165) is 28.4 Å². The van der Waals surface area contributed by atoms with E-state index in [4.69, 9.17) is 5.73 Å². The second-order valence-electron chi connectivity index (χ2n) is 8.84. The Morgan fingerprint density at radius 1 is 0.970 bits per heavy atom. The quantitative estimate of drug-likeness (QED) is 0.177. The van der Waals surface area contributed by atoms with Gasteiger partial charge < -0.3 is 21.7 Å². The number of primary amides is 1. The average Bonchev–Trinajstić information content (AvgIpc) is 3.60. The summed E-state index contributed by atoms with van der Waals surface area (Å²) < 4.78 is 1.04. The van der Waals surface area contributed by atoms with Crippen LogP contribution in [0.5, 0.6) is 0 Å². The molecule has 1 aliphatic rings. The third-order valence-corrected chi connectivity index (χ3v) is 6.53. The summed E-state index contributed by atoms with van der Waals surface area (Å²) in [5, 5.41) is 8.21. The minimum Gasteiger partial charge on any atom is -0.368 e. The van der Waals surface area contributed by atoms with Crippen molar-refractivity contribution in [1.82, 2.24) is 16.0 Å². The maximum Gasteiger partial charge on any atom is 0.243 e. The fourth-order valence-electron chi connectivity index (χ4n) is 3.22. The van der Waals surface area contributed by atoms with Crippen LogP contribution in [0.4, 0.5) is 0 Å². The van der Waals surface area contributed by atoms with Crippen molar-refractivity contribution in [3.63, 3.8) is 0 Å². The third kappa shape index (κ3) is 9.52. The molecule has 8 nitrogen and oxygen atoms in total. The van der Waals surface area contributed by atoms with E-state index >= 15 is 0 Å². The number of nitrogens with two attached hydrogens (primary N) is 1. The van der Waals surface area contributed by atoms with Gasteiger partial charge >= 0.3 is 0 Å². The first-order valence-corrected chi connectivity index (χ1v) is 12.9. The molecule has 0 aliphatic heterocycles. The normalized spacial score (nSPS) is 15.9. The van der Waals surface area contributed by atoms with Gasteiger partial charge in [0, 0.05) is 21.7 Å². The molecule has 1 saturated carbocycles. The zero-order chi connectivity index (χ0) is 24.5. The van der Waals surface area contributed by atoms with Gasteiger partial charge in [0.05, 0.1) is 0 Å². The number of rotatable bonds is 13. The van der Waals surface area contributed by atoms with E-state index in [2.05, 4.69) is 51.2 Å². The average molecular weight is 589 g/mol. The van der Waals surface area contributed by atoms with Crippen molar-refractivity contribution < 1.29 is 19.2 Å². The largest absolute Gasteiger partial charge is 0.368 e. The van der Waals surface area contributed by atoms with Gasteiger partial charge in [-0.3, -0.25) is 19.2 Å². The molecule has 0 unspecified atom stereocenters. The highest BCUT2D eigenvalue weighted by atomic mass is 127. The van der Waals surface area contributed by atoms with Crippen LogP contribution in [0.2, 0.25) is 0 Å². The second-order valence-corrected chi connectivity index (χ2v) is 10.5. The SMILES string of the molecule is CC(C)CC[C@H](NC(=O)C1CC1)C(=O)N[C@@H](Cc1ccc(I)cc1)C(=O)N[C@@H](CS)C(N)=O. The molecule has 1 aromatic rings. The van der Waals surface area contributed by atoms with Crippen molar-refractivity contribution in [2.45, 2.75) is 64.1 Å². The first-order valence-electron chi connectivity index (χ1n) is 11.2. The lowest BCUT2D eigenvalue weighted by Crippen LogP contribution is -2.57. The molecule has 1 fully saturated rings. The summed E-state index contributed by atoms with van der Waals surface area (Å²) in [5.74, 6) is -1.41. The van der Waals surface area contributed by atoms with Crippen LogP contribution in [0.1, 0.15) is 45.1 Å². The molecule has 5 N–H and O–H groups in total. The van der Waals surface area contributed by atoms with Gasteiger partial charge in [-0.05, 0) is 71.9 Å². The Bertz CT molecular complexity index is 845. The Morgan fingerprint density at radius 3 is 2.06 bits per heavy atom. The van der Waals surface area contributed by atoms with Crippen LogP contribution in [-0.2, 0) is 25.6 Å². The maximum atomic E-state index is 13.2. The van der Waals surface area contributed by atoms with E-state index in [0.29, 0.717) is 12.3 Å². The summed E-state index contributed by atoms with van der Waals surface area (Å²) in [5.41, 5.74) is 6.18. The monoisotopic (exact) mass is 588 g/mol. The summed E-state index contributed by atoms with van der Waals surface area (Å²) in [6, 6.07) is 4.95. The van der Waals surface area contributed by atoms with Crippen LogP contribution in [0, 0.1) is 15.4 Å². The molecule has 1 aromatic carbocycles. The first-order chi connectivity index (χ1) is 15.6. The number of carbonyl (C=O) groups excluding carboxylic acids is 4. The number of benzene rings is 1. The fraction of sp³-hybridized carbons (Fsp3) is 0.565. The van der Waals surface area contributed by atoms with E-state index in [9.17, 15) is 19.2 Å². The van der Waals surface area contributed by atoms with Gasteiger partial charge in [0.1, 0.15) is 18.1 Å². The molecule has 2 rings (SSSR count). The molecule has 1 aliphatic carbocycles. The van der Waals surface area contributed by atoms with Gasteiger partial charge in [-0.15, -0.1) is 0 Å². The van der Waals surface area contributed by atoms with Crippen molar-refractivity contribution in [3.8, 4) is 0 Å². The summed E-state index contributed by atoms with van der Waals surface area (Å²) in [6.45, 7) is 4.10. The maximum absolute atomic E-state index is 13.2. The number of amides is 4. The van der Waals surface area contributed by atoms with Crippen molar-refractivity contribution in [2.75, 3.05) is 5.75 Å². The Hall–Kier alpha value is -1.82. The van der Waals surface area contributed by atoms with Gasteiger partial charge in [-0.2, -0.15) is 12.6 Å². The highest BCUT2D eigenvalue weighted by molar-refractivity contribution is 14.1. The van der Waals surface area contributed by atoms with Crippen LogP contribution in [0.25, 0.3) is 0 Å². The summed E-state index contributed by atoms with van der Waals surface area (Å²) >= 11 is 6.26. The van der Waals surface area contributed by atoms with Crippen LogP contribution >= 0.6 is 35.2 Å². The molecular weight excluding hydrogens is 555 g/mol. The highest BCUT2D eigenvalue weighted by Gasteiger charge is 2.34. The predicted molar refractivity (Wildman–Crippen MR) is 138 cm³/mol. The van der Waals surface area contributed by atoms with Crippen LogP contribution in [0.15, 0.2) is 24.3 Å². The Labute approximate surface area is 214 Å². The lowest BCUT2D eigenvalue weighted by atomic mass is 10.0. The minimum absolute atomic E-state index is 0.0306. The molecule has 3 atom stereocenters. The molecule has 4 amide bonds. The molecule has 33 heavy (non-hydrogen) atoms. The lowest BCUT2D eigenvalue weighted by molar-refractivity contribution is -0.133.